The van der Waals surface area contributed by atoms with Gasteiger partial charge < -0.3 is 5.32 Å². The highest BCUT2D eigenvalue weighted by molar-refractivity contribution is 5.82. The lowest BCUT2D eigenvalue weighted by molar-refractivity contribution is -0.124. The molecular weight excluding hydrogens is 268 g/mol. The summed E-state index contributed by atoms with van der Waals surface area (Å²) >= 11 is 0. The first-order valence-corrected chi connectivity index (χ1v) is 6.77. The Kier molecular flexibility index (Phi) is 3.19. The van der Waals surface area contributed by atoms with Crippen molar-refractivity contribution in [3.63, 3.8) is 0 Å². The molecule has 0 unspecified atom stereocenters. The summed E-state index contributed by atoms with van der Waals surface area (Å²) in [7, 11) is 0. The molecule has 1 amide bonds. The number of hydrogen-bond acceptors (Lipinski definition) is 4. The Bertz CT molecular complexity index is 530. The van der Waals surface area contributed by atoms with E-state index in [1.807, 2.05) is 0 Å². The second kappa shape index (κ2) is 4.76. The number of nitrogens with zero attached hydrogens (tertiary/aromatic N) is 3. The molecule has 110 valence electrons. The van der Waals surface area contributed by atoms with Gasteiger partial charge in [0.15, 0.2) is 0 Å². The fourth-order valence-corrected chi connectivity index (χ4v) is 2.78. The van der Waals surface area contributed by atoms with Crippen molar-refractivity contribution >= 4 is 5.91 Å². The van der Waals surface area contributed by atoms with Crippen LogP contribution in [0.4, 0.5) is 8.78 Å². The number of fused-ring (bicyclic) bond motifs is 1. The number of rotatable bonds is 2. The van der Waals surface area contributed by atoms with E-state index in [-0.39, 0.29) is 11.9 Å². The molecule has 0 saturated carbocycles. The van der Waals surface area contributed by atoms with E-state index in [1.165, 1.54) is 0 Å². The van der Waals surface area contributed by atoms with Crippen molar-refractivity contribution in [2.24, 2.45) is 0 Å². The molecule has 0 spiro atoms. The van der Waals surface area contributed by atoms with Gasteiger partial charge in [0.1, 0.15) is 11.6 Å². The van der Waals surface area contributed by atoms with Gasteiger partial charge in [-0.05, 0) is 19.8 Å². The third-order valence-corrected chi connectivity index (χ3v) is 3.72. The van der Waals surface area contributed by atoms with Crippen LogP contribution in [0.3, 0.4) is 0 Å². The number of carbonyl (C=O) groups is 1. The third kappa shape index (κ3) is 2.52. The van der Waals surface area contributed by atoms with Crippen LogP contribution in [0.1, 0.15) is 37.0 Å². The fraction of sp³-hybridized carbons (Fsp3) is 0.750. The summed E-state index contributed by atoms with van der Waals surface area (Å²) in [6, 6.07) is -1.07. The van der Waals surface area contributed by atoms with Crippen LogP contribution >= 0.6 is 0 Å². The Labute approximate surface area is 114 Å². The van der Waals surface area contributed by atoms with Crippen LogP contribution in [0, 0.1) is 6.92 Å². The number of hydrogen-bond donors (Lipinski definition) is 2. The lowest BCUT2D eigenvalue weighted by Gasteiger charge is -2.24. The molecule has 1 aromatic heterocycles. The average molecular weight is 285 g/mol. The molecule has 1 aromatic rings. The summed E-state index contributed by atoms with van der Waals surface area (Å²) in [5.74, 6) is -1.81. The van der Waals surface area contributed by atoms with Crippen LogP contribution < -0.4 is 10.6 Å². The van der Waals surface area contributed by atoms with Crippen LogP contribution in [-0.4, -0.2) is 39.2 Å². The zero-order valence-electron chi connectivity index (χ0n) is 11.2. The van der Waals surface area contributed by atoms with E-state index in [9.17, 15) is 13.6 Å². The van der Waals surface area contributed by atoms with Crippen molar-refractivity contribution in [1.29, 1.82) is 0 Å². The van der Waals surface area contributed by atoms with Crippen LogP contribution in [0.2, 0.25) is 0 Å². The van der Waals surface area contributed by atoms with E-state index >= 15 is 0 Å². The molecule has 0 bridgehead atoms. The van der Waals surface area contributed by atoms with Gasteiger partial charge in [-0.3, -0.25) is 10.1 Å². The van der Waals surface area contributed by atoms with E-state index in [1.54, 1.807) is 11.6 Å². The van der Waals surface area contributed by atoms with E-state index in [0.29, 0.717) is 11.6 Å². The van der Waals surface area contributed by atoms with Crippen molar-refractivity contribution in [3.05, 3.63) is 11.6 Å². The summed E-state index contributed by atoms with van der Waals surface area (Å²) in [5, 5.41) is 9.62. The quantitative estimate of drug-likeness (QED) is 0.831. The maximum Gasteiger partial charge on any atom is 0.262 e. The molecule has 6 nitrogen and oxygen atoms in total. The van der Waals surface area contributed by atoms with E-state index in [0.717, 1.165) is 19.4 Å². The number of amides is 1. The normalized spacial score (nSPS) is 28.1. The van der Waals surface area contributed by atoms with Gasteiger partial charge in [0.05, 0.1) is 18.6 Å². The smallest absolute Gasteiger partial charge is 0.262 e. The Morgan fingerprint density at radius 3 is 3.05 bits per heavy atom. The molecule has 3 rings (SSSR count). The van der Waals surface area contributed by atoms with Gasteiger partial charge in [0, 0.05) is 13.0 Å². The number of carbonyl (C=O) groups excluding carboxylic acids is 1. The highest BCUT2D eigenvalue weighted by Crippen LogP contribution is 2.27. The predicted octanol–water partition coefficient (Wildman–Crippen LogP) is 0.535. The lowest BCUT2D eigenvalue weighted by atomic mass is 10.1. The van der Waals surface area contributed by atoms with Crippen molar-refractivity contribution in [1.82, 2.24) is 25.4 Å². The maximum atomic E-state index is 13.1. The monoisotopic (exact) mass is 285 g/mol. The molecule has 2 aliphatic heterocycles. The van der Waals surface area contributed by atoms with Gasteiger partial charge in [0.2, 0.25) is 5.91 Å². The molecular formula is C12H17F2N5O. The number of aryl methyl sites for hydroxylation is 2. The van der Waals surface area contributed by atoms with Crippen LogP contribution in [-0.2, 0) is 11.3 Å². The molecule has 1 fully saturated rings. The van der Waals surface area contributed by atoms with Gasteiger partial charge in [-0.25, -0.2) is 18.4 Å². The average Bonchev–Trinajstić information content (AvgIpc) is 2.91. The number of nitrogens with one attached hydrogen (secondary N) is 2. The molecule has 20 heavy (non-hydrogen) atoms. The predicted molar refractivity (Wildman–Crippen MR) is 66.2 cm³/mol. The standard InChI is InChI=1S/C12H17F2N5O/c1-7-16-10-8(3-2-4-19(10)18-7)17-11(20)9-5-12(13,14)6-15-9/h8-9,15H,2-6H2,1H3,(H,17,20)/t8-,9-/m0/s1. The molecule has 3 heterocycles. The van der Waals surface area contributed by atoms with Crippen LogP contribution in [0.25, 0.3) is 0 Å². The molecule has 0 aromatic carbocycles. The largest absolute Gasteiger partial charge is 0.345 e. The van der Waals surface area contributed by atoms with Crippen LogP contribution in [0.5, 0.6) is 0 Å². The molecule has 0 radical (unpaired) electrons. The summed E-state index contributed by atoms with van der Waals surface area (Å²) < 4.78 is 28.0. The first kappa shape index (κ1) is 13.4. The van der Waals surface area contributed by atoms with Crippen molar-refractivity contribution in [2.45, 2.75) is 50.7 Å². The molecule has 2 N–H and O–H groups in total. The summed E-state index contributed by atoms with van der Waals surface area (Å²) in [4.78, 5) is 16.4. The van der Waals surface area contributed by atoms with Gasteiger partial charge in [-0.2, -0.15) is 5.10 Å². The molecule has 1 saturated heterocycles. The van der Waals surface area contributed by atoms with Gasteiger partial charge in [0.25, 0.3) is 5.92 Å². The first-order chi connectivity index (χ1) is 9.44. The SMILES string of the molecule is Cc1nc2n(n1)CCC[C@@H]2NC(=O)[C@@H]1CC(F)(F)CN1. The lowest BCUT2D eigenvalue weighted by Crippen LogP contribution is -2.43. The Hall–Kier alpha value is -1.57. The number of alkyl halides is 2. The molecule has 8 heteroatoms. The minimum atomic E-state index is -2.80. The fourth-order valence-electron chi connectivity index (χ4n) is 2.78. The Balaban J connectivity index is 1.68. The molecule has 2 aliphatic rings. The van der Waals surface area contributed by atoms with Crippen LogP contribution in [0.15, 0.2) is 0 Å². The van der Waals surface area contributed by atoms with E-state index < -0.39 is 24.9 Å². The second-order valence-electron chi connectivity index (χ2n) is 5.44. The minimum absolute atomic E-state index is 0.242. The summed E-state index contributed by atoms with van der Waals surface area (Å²) in [6.07, 6.45) is 1.19. The Morgan fingerprint density at radius 1 is 1.55 bits per heavy atom. The van der Waals surface area contributed by atoms with Gasteiger partial charge >= 0.3 is 0 Å². The summed E-state index contributed by atoms with van der Waals surface area (Å²) in [6.45, 7) is 2.14. The first-order valence-electron chi connectivity index (χ1n) is 6.77. The topological polar surface area (TPSA) is 71.8 Å². The number of halogens is 2. The zero-order chi connectivity index (χ0) is 14.3. The highest BCUT2D eigenvalue weighted by Gasteiger charge is 2.43. The van der Waals surface area contributed by atoms with E-state index in [4.69, 9.17) is 0 Å². The molecule has 0 aliphatic carbocycles. The van der Waals surface area contributed by atoms with Crippen molar-refractivity contribution in [2.75, 3.05) is 6.54 Å². The summed E-state index contributed by atoms with van der Waals surface area (Å²) in [5.41, 5.74) is 0. The van der Waals surface area contributed by atoms with Gasteiger partial charge in [-0.15, -0.1) is 0 Å². The Morgan fingerprint density at radius 2 is 2.35 bits per heavy atom. The van der Waals surface area contributed by atoms with Crippen molar-refractivity contribution in [3.8, 4) is 0 Å². The minimum Gasteiger partial charge on any atom is -0.345 e. The zero-order valence-corrected chi connectivity index (χ0v) is 11.2. The number of aromatic nitrogens is 3. The third-order valence-electron chi connectivity index (χ3n) is 3.72. The molecule has 2 atom stereocenters. The van der Waals surface area contributed by atoms with Crippen molar-refractivity contribution < 1.29 is 13.6 Å². The maximum absolute atomic E-state index is 13.1. The van der Waals surface area contributed by atoms with Gasteiger partial charge in [-0.1, -0.05) is 0 Å². The second-order valence-corrected chi connectivity index (χ2v) is 5.44. The highest BCUT2D eigenvalue weighted by atomic mass is 19.3. The van der Waals surface area contributed by atoms with E-state index in [2.05, 4.69) is 20.7 Å².